The summed E-state index contributed by atoms with van der Waals surface area (Å²) in [4.78, 5) is 2.37. The molecular formula is C12H26N2O2S. The molecule has 0 radical (unpaired) electrons. The van der Waals surface area contributed by atoms with Gasteiger partial charge in [-0.15, -0.1) is 0 Å². The minimum atomic E-state index is -3.05. The standard InChI is InChI=1S/C12H26N2O2S/c1-11(2)5-6-13-7-9-14(10-8-13)17(15,16)12(3)4/h11-12H,5-10H2,1-4H3. The van der Waals surface area contributed by atoms with Crippen molar-refractivity contribution in [3.63, 3.8) is 0 Å². The lowest BCUT2D eigenvalue weighted by Gasteiger charge is -2.35. The minimum absolute atomic E-state index is 0.301. The lowest BCUT2D eigenvalue weighted by atomic mass is 10.1. The predicted molar refractivity (Wildman–Crippen MR) is 71.5 cm³/mol. The predicted octanol–water partition coefficient (Wildman–Crippen LogP) is 1.39. The summed E-state index contributed by atoms with van der Waals surface area (Å²) in [5, 5.41) is -0.301. The van der Waals surface area contributed by atoms with Gasteiger partial charge in [-0.1, -0.05) is 13.8 Å². The number of nitrogens with zero attached hydrogens (tertiary/aromatic N) is 2. The lowest BCUT2D eigenvalue weighted by molar-refractivity contribution is 0.180. The second-order valence-electron chi connectivity index (χ2n) is 5.52. The number of sulfonamides is 1. The first-order chi connectivity index (χ1) is 7.84. The Morgan fingerprint density at radius 3 is 1.94 bits per heavy atom. The van der Waals surface area contributed by atoms with E-state index in [1.807, 2.05) is 0 Å². The van der Waals surface area contributed by atoms with E-state index in [9.17, 15) is 8.42 Å². The van der Waals surface area contributed by atoms with Crippen molar-refractivity contribution < 1.29 is 8.42 Å². The van der Waals surface area contributed by atoms with E-state index in [0.717, 1.165) is 19.6 Å². The highest BCUT2D eigenvalue weighted by molar-refractivity contribution is 7.89. The number of hydrogen-bond acceptors (Lipinski definition) is 3. The Morgan fingerprint density at radius 2 is 1.53 bits per heavy atom. The van der Waals surface area contributed by atoms with Gasteiger partial charge >= 0.3 is 0 Å². The zero-order chi connectivity index (χ0) is 13.1. The normalized spacial score (nSPS) is 20.4. The third-order valence-corrected chi connectivity index (χ3v) is 5.59. The van der Waals surface area contributed by atoms with Gasteiger partial charge in [0.2, 0.25) is 10.0 Å². The van der Waals surface area contributed by atoms with E-state index in [1.54, 1.807) is 18.2 Å². The number of hydrogen-bond donors (Lipinski definition) is 0. The van der Waals surface area contributed by atoms with E-state index >= 15 is 0 Å². The average Bonchev–Trinajstić information content (AvgIpc) is 2.26. The molecule has 1 saturated heterocycles. The van der Waals surface area contributed by atoms with E-state index in [4.69, 9.17) is 0 Å². The van der Waals surface area contributed by atoms with Crippen molar-refractivity contribution in [3.8, 4) is 0 Å². The van der Waals surface area contributed by atoms with Crippen molar-refractivity contribution in [2.75, 3.05) is 32.7 Å². The first-order valence-corrected chi connectivity index (χ1v) is 8.05. The van der Waals surface area contributed by atoms with Crippen molar-refractivity contribution in [2.45, 2.75) is 39.4 Å². The highest BCUT2D eigenvalue weighted by atomic mass is 32.2. The van der Waals surface area contributed by atoms with E-state index in [-0.39, 0.29) is 5.25 Å². The molecule has 0 saturated carbocycles. The maximum atomic E-state index is 12.0. The van der Waals surface area contributed by atoms with E-state index in [0.29, 0.717) is 19.0 Å². The van der Waals surface area contributed by atoms with E-state index < -0.39 is 10.0 Å². The fraction of sp³-hybridized carbons (Fsp3) is 1.00. The first kappa shape index (κ1) is 14.9. The molecule has 0 aromatic carbocycles. The highest BCUT2D eigenvalue weighted by Gasteiger charge is 2.28. The van der Waals surface area contributed by atoms with Gasteiger partial charge in [-0.3, -0.25) is 0 Å². The summed E-state index contributed by atoms with van der Waals surface area (Å²) in [6.07, 6.45) is 1.19. The molecule has 0 atom stereocenters. The molecule has 1 heterocycles. The zero-order valence-electron chi connectivity index (χ0n) is 11.5. The molecule has 0 amide bonds. The van der Waals surface area contributed by atoms with Gasteiger partial charge in [0.1, 0.15) is 0 Å². The summed E-state index contributed by atoms with van der Waals surface area (Å²) in [6.45, 7) is 12.1. The van der Waals surface area contributed by atoms with Crippen LogP contribution in [0.5, 0.6) is 0 Å². The van der Waals surface area contributed by atoms with Gasteiger partial charge in [-0.05, 0) is 32.7 Å². The fourth-order valence-electron chi connectivity index (χ4n) is 1.95. The van der Waals surface area contributed by atoms with Crippen molar-refractivity contribution in [3.05, 3.63) is 0 Å². The van der Waals surface area contributed by atoms with Gasteiger partial charge in [0.05, 0.1) is 5.25 Å². The molecule has 0 spiro atoms. The average molecular weight is 262 g/mol. The molecule has 4 nitrogen and oxygen atoms in total. The van der Waals surface area contributed by atoms with Crippen LogP contribution in [-0.4, -0.2) is 55.6 Å². The summed E-state index contributed by atoms with van der Waals surface area (Å²) in [7, 11) is -3.05. The van der Waals surface area contributed by atoms with Crippen LogP contribution in [0.2, 0.25) is 0 Å². The molecule has 0 bridgehead atoms. The first-order valence-electron chi connectivity index (χ1n) is 6.55. The maximum Gasteiger partial charge on any atom is 0.216 e. The van der Waals surface area contributed by atoms with Crippen LogP contribution >= 0.6 is 0 Å². The Balaban J connectivity index is 2.41. The quantitative estimate of drug-likeness (QED) is 0.752. The Hall–Kier alpha value is -0.130. The van der Waals surface area contributed by atoms with E-state index in [1.165, 1.54) is 6.42 Å². The summed E-state index contributed by atoms with van der Waals surface area (Å²) in [5.41, 5.74) is 0. The monoisotopic (exact) mass is 262 g/mol. The second kappa shape index (κ2) is 6.16. The van der Waals surface area contributed by atoms with Gasteiger partial charge in [0.25, 0.3) is 0 Å². The van der Waals surface area contributed by atoms with Crippen molar-refractivity contribution in [2.24, 2.45) is 5.92 Å². The molecule has 1 rings (SSSR count). The molecule has 1 fully saturated rings. The molecule has 0 unspecified atom stereocenters. The van der Waals surface area contributed by atoms with Crippen molar-refractivity contribution in [1.82, 2.24) is 9.21 Å². The van der Waals surface area contributed by atoms with Gasteiger partial charge in [-0.25, -0.2) is 8.42 Å². The zero-order valence-corrected chi connectivity index (χ0v) is 12.3. The summed E-state index contributed by atoms with van der Waals surface area (Å²) in [5.74, 6) is 0.715. The molecule has 102 valence electrons. The number of piperazine rings is 1. The molecule has 0 aromatic heterocycles. The van der Waals surface area contributed by atoms with Gasteiger partial charge in [-0.2, -0.15) is 4.31 Å². The van der Waals surface area contributed by atoms with E-state index in [2.05, 4.69) is 18.7 Å². The SMILES string of the molecule is CC(C)CCN1CCN(S(=O)(=O)C(C)C)CC1. The Morgan fingerprint density at radius 1 is 1.00 bits per heavy atom. The third kappa shape index (κ3) is 4.23. The van der Waals surface area contributed by atoms with Crippen LogP contribution in [0.4, 0.5) is 0 Å². The third-order valence-electron chi connectivity index (χ3n) is 3.31. The van der Waals surface area contributed by atoms with Crippen LogP contribution < -0.4 is 0 Å². The molecular weight excluding hydrogens is 236 g/mol. The molecule has 1 aliphatic rings. The van der Waals surface area contributed by atoms with Gasteiger partial charge in [0.15, 0.2) is 0 Å². The lowest BCUT2D eigenvalue weighted by Crippen LogP contribution is -2.50. The Bertz CT molecular complexity index is 317. The maximum absolute atomic E-state index is 12.0. The topological polar surface area (TPSA) is 40.6 Å². The van der Waals surface area contributed by atoms with Crippen LogP contribution in [-0.2, 0) is 10.0 Å². The highest BCUT2D eigenvalue weighted by Crippen LogP contribution is 2.13. The fourth-order valence-corrected chi connectivity index (χ4v) is 3.22. The smallest absolute Gasteiger partial charge is 0.216 e. The van der Waals surface area contributed by atoms with Crippen LogP contribution in [0.25, 0.3) is 0 Å². The summed E-state index contributed by atoms with van der Waals surface area (Å²) in [6, 6.07) is 0. The molecule has 0 aromatic rings. The van der Waals surface area contributed by atoms with Crippen molar-refractivity contribution in [1.29, 1.82) is 0 Å². The second-order valence-corrected chi connectivity index (χ2v) is 8.01. The van der Waals surface area contributed by atoms with Crippen LogP contribution in [0.3, 0.4) is 0 Å². The summed E-state index contributed by atoms with van der Waals surface area (Å²) < 4.78 is 25.6. The summed E-state index contributed by atoms with van der Waals surface area (Å²) >= 11 is 0. The Kier molecular flexibility index (Phi) is 5.41. The molecule has 5 heteroatoms. The molecule has 1 aliphatic heterocycles. The largest absolute Gasteiger partial charge is 0.301 e. The van der Waals surface area contributed by atoms with Crippen LogP contribution in [0, 0.1) is 5.92 Å². The van der Waals surface area contributed by atoms with Crippen LogP contribution in [0.1, 0.15) is 34.1 Å². The Labute approximate surface area is 106 Å². The minimum Gasteiger partial charge on any atom is -0.301 e. The molecule has 0 N–H and O–H groups in total. The van der Waals surface area contributed by atoms with Gasteiger partial charge in [0, 0.05) is 26.2 Å². The van der Waals surface area contributed by atoms with Gasteiger partial charge < -0.3 is 4.90 Å². The number of rotatable bonds is 5. The van der Waals surface area contributed by atoms with Crippen LogP contribution in [0.15, 0.2) is 0 Å². The molecule has 0 aliphatic carbocycles. The van der Waals surface area contributed by atoms with Crippen molar-refractivity contribution >= 4 is 10.0 Å². The molecule has 17 heavy (non-hydrogen) atoms.